The number of carboxylic acids is 1. The van der Waals surface area contributed by atoms with Crippen molar-refractivity contribution in [3.05, 3.63) is 39.8 Å². The van der Waals surface area contributed by atoms with Crippen molar-refractivity contribution in [2.45, 2.75) is 6.92 Å². The summed E-state index contributed by atoms with van der Waals surface area (Å²) in [7, 11) is 0. The predicted octanol–water partition coefficient (Wildman–Crippen LogP) is 0.930. The zero-order valence-electron chi connectivity index (χ0n) is 7.94. The molecule has 2 N–H and O–H groups in total. The minimum absolute atomic E-state index is 0.226. The van der Waals surface area contributed by atoms with Gasteiger partial charge in [-0.1, -0.05) is 0 Å². The zero-order valence-corrected chi connectivity index (χ0v) is 7.94. The third kappa shape index (κ3) is 1.38. The Balaban J connectivity index is 2.97. The lowest BCUT2D eigenvalue weighted by atomic mass is 10.1. The molecular weight excluding hydrogens is 196 g/mol. The van der Waals surface area contributed by atoms with E-state index in [4.69, 9.17) is 5.11 Å². The molecular formula is C10H8N2O3. The smallest absolute Gasteiger partial charge is 0.341 e. The van der Waals surface area contributed by atoms with Gasteiger partial charge in [0, 0.05) is 11.9 Å². The molecule has 0 aliphatic carbocycles. The number of carboxylic acid groups (broad SMARTS) is 1. The molecule has 2 aromatic heterocycles. The number of aromatic nitrogens is 2. The second kappa shape index (κ2) is 3.20. The second-order valence-electron chi connectivity index (χ2n) is 3.16. The fourth-order valence-corrected chi connectivity index (χ4v) is 1.49. The lowest BCUT2D eigenvalue weighted by Crippen LogP contribution is -2.18. The van der Waals surface area contributed by atoms with Gasteiger partial charge in [0.15, 0.2) is 0 Å². The molecule has 0 unspecified atom stereocenters. The molecule has 0 atom stereocenters. The number of nitrogens with zero attached hydrogens (tertiary/aromatic N) is 1. The van der Waals surface area contributed by atoms with E-state index in [9.17, 15) is 9.59 Å². The Morgan fingerprint density at radius 1 is 1.53 bits per heavy atom. The summed E-state index contributed by atoms with van der Waals surface area (Å²) in [6, 6.07) is 3.14. The normalized spacial score (nSPS) is 10.5. The van der Waals surface area contributed by atoms with E-state index in [0.29, 0.717) is 16.7 Å². The number of hydrogen-bond donors (Lipinski definition) is 2. The van der Waals surface area contributed by atoms with E-state index in [-0.39, 0.29) is 5.56 Å². The average Bonchev–Trinajstić information content (AvgIpc) is 2.17. The highest BCUT2D eigenvalue weighted by Crippen LogP contribution is 2.07. The van der Waals surface area contributed by atoms with Crippen LogP contribution < -0.4 is 5.43 Å². The van der Waals surface area contributed by atoms with Crippen LogP contribution in [0.5, 0.6) is 0 Å². The topological polar surface area (TPSA) is 83.0 Å². The predicted molar refractivity (Wildman–Crippen MR) is 54.1 cm³/mol. The van der Waals surface area contributed by atoms with Crippen molar-refractivity contribution in [3.63, 3.8) is 0 Å². The summed E-state index contributed by atoms with van der Waals surface area (Å²) in [5, 5.41) is 9.16. The van der Waals surface area contributed by atoms with Gasteiger partial charge in [-0.3, -0.25) is 4.79 Å². The van der Waals surface area contributed by atoms with E-state index in [1.807, 2.05) is 0 Å². The van der Waals surface area contributed by atoms with Crippen LogP contribution in [0.1, 0.15) is 16.1 Å². The van der Waals surface area contributed by atoms with Crippen molar-refractivity contribution in [1.82, 2.24) is 9.97 Å². The van der Waals surface area contributed by atoms with Crippen LogP contribution >= 0.6 is 0 Å². The molecule has 0 saturated heterocycles. The average molecular weight is 204 g/mol. The molecule has 76 valence electrons. The number of aryl methyl sites for hydroxylation is 1. The highest BCUT2D eigenvalue weighted by molar-refractivity contribution is 5.92. The number of H-pyrrole nitrogens is 1. The van der Waals surface area contributed by atoms with E-state index in [1.54, 1.807) is 19.1 Å². The minimum atomic E-state index is -1.22. The quantitative estimate of drug-likeness (QED) is 0.723. The van der Waals surface area contributed by atoms with E-state index >= 15 is 0 Å². The van der Waals surface area contributed by atoms with Crippen molar-refractivity contribution < 1.29 is 9.90 Å². The first-order valence-corrected chi connectivity index (χ1v) is 4.32. The molecule has 2 rings (SSSR count). The third-order valence-corrected chi connectivity index (χ3v) is 2.17. The highest BCUT2D eigenvalue weighted by atomic mass is 16.4. The fraction of sp³-hybridized carbons (Fsp3) is 0.100. The Bertz CT molecular complexity index is 601. The molecule has 0 spiro atoms. The largest absolute Gasteiger partial charge is 0.477 e. The molecule has 0 aliphatic rings. The zero-order chi connectivity index (χ0) is 11.0. The molecule has 0 aliphatic heterocycles. The van der Waals surface area contributed by atoms with Crippen LogP contribution in [-0.4, -0.2) is 21.0 Å². The molecule has 0 radical (unpaired) electrons. The molecule has 0 amide bonds. The first kappa shape index (κ1) is 9.39. The second-order valence-corrected chi connectivity index (χ2v) is 3.16. The highest BCUT2D eigenvalue weighted by Gasteiger charge is 2.15. The maximum atomic E-state index is 11.7. The number of aromatic amines is 1. The summed E-state index contributed by atoms with van der Waals surface area (Å²) in [6.45, 7) is 1.54. The van der Waals surface area contributed by atoms with Gasteiger partial charge >= 0.3 is 5.97 Å². The van der Waals surface area contributed by atoms with Crippen LogP contribution in [0, 0.1) is 6.92 Å². The Morgan fingerprint density at radius 3 is 2.93 bits per heavy atom. The van der Waals surface area contributed by atoms with Gasteiger partial charge in [0.25, 0.3) is 0 Å². The Kier molecular flexibility index (Phi) is 2.00. The standard InChI is InChI=1S/C10H8N2O3/c1-5-7(10(14)15)8(13)6-3-2-4-11-9(6)12-5/h2-4H,1H3,(H,14,15)(H,11,12,13). The summed E-state index contributed by atoms with van der Waals surface area (Å²) < 4.78 is 0. The molecule has 2 aromatic rings. The number of carbonyl (C=O) groups is 1. The summed E-state index contributed by atoms with van der Waals surface area (Å²) in [4.78, 5) is 29.3. The number of pyridine rings is 2. The summed E-state index contributed by atoms with van der Waals surface area (Å²) in [5.74, 6) is -1.22. The number of rotatable bonds is 1. The number of hydrogen-bond acceptors (Lipinski definition) is 3. The van der Waals surface area contributed by atoms with Crippen molar-refractivity contribution in [2.75, 3.05) is 0 Å². The van der Waals surface area contributed by atoms with Crippen LogP contribution in [0.25, 0.3) is 11.0 Å². The van der Waals surface area contributed by atoms with Gasteiger partial charge < -0.3 is 10.1 Å². The van der Waals surface area contributed by atoms with Gasteiger partial charge in [-0.15, -0.1) is 0 Å². The maximum absolute atomic E-state index is 11.7. The van der Waals surface area contributed by atoms with Gasteiger partial charge in [-0.2, -0.15) is 0 Å². The molecule has 0 fully saturated rings. The number of fused-ring (bicyclic) bond motifs is 1. The van der Waals surface area contributed by atoms with Gasteiger partial charge in [-0.25, -0.2) is 9.78 Å². The van der Waals surface area contributed by atoms with Crippen molar-refractivity contribution in [1.29, 1.82) is 0 Å². The molecule has 15 heavy (non-hydrogen) atoms. The molecule has 5 heteroatoms. The van der Waals surface area contributed by atoms with Crippen molar-refractivity contribution in [2.24, 2.45) is 0 Å². The first-order chi connectivity index (χ1) is 7.11. The van der Waals surface area contributed by atoms with Crippen LogP contribution in [0.15, 0.2) is 23.1 Å². The number of nitrogens with one attached hydrogen (secondary N) is 1. The number of aromatic carboxylic acids is 1. The van der Waals surface area contributed by atoms with Crippen molar-refractivity contribution >= 4 is 17.0 Å². The molecule has 0 aromatic carbocycles. The monoisotopic (exact) mass is 204 g/mol. The van der Waals surface area contributed by atoms with Crippen LogP contribution in [0.3, 0.4) is 0 Å². The van der Waals surface area contributed by atoms with E-state index in [0.717, 1.165) is 0 Å². The van der Waals surface area contributed by atoms with E-state index < -0.39 is 11.4 Å². The Labute approximate surface area is 84.4 Å². The van der Waals surface area contributed by atoms with Gasteiger partial charge in [0.2, 0.25) is 5.43 Å². The Hall–Kier alpha value is -2.17. The minimum Gasteiger partial charge on any atom is -0.477 e. The van der Waals surface area contributed by atoms with Gasteiger partial charge in [0.1, 0.15) is 11.2 Å². The van der Waals surface area contributed by atoms with Gasteiger partial charge in [0.05, 0.1) is 5.39 Å². The van der Waals surface area contributed by atoms with E-state index in [2.05, 4.69) is 9.97 Å². The summed E-state index contributed by atoms with van der Waals surface area (Å²) in [6.07, 6.45) is 1.54. The third-order valence-electron chi connectivity index (χ3n) is 2.17. The van der Waals surface area contributed by atoms with E-state index in [1.165, 1.54) is 6.20 Å². The molecule has 0 saturated carbocycles. The lowest BCUT2D eigenvalue weighted by molar-refractivity contribution is 0.0694. The Morgan fingerprint density at radius 2 is 2.27 bits per heavy atom. The summed E-state index contributed by atoms with van der Waals surface area (Å²) in [5.41, 5.74) is 0.000972. The van der Waals surface area contributed by atoms with Crippen LogP contribution in [0.4, 0.5) is 0 Å². The first-order valence-electron chi connectivity index (χ1n) is 4.32. The van der Waals surface area contributed by atoms with Crippen LogP contribution in [0.2, 0.25) is 0 Å². The van der Waals surface area contributed by atoms with Crippen LogP contribution in [-0.2, 0) is 0 Å². The SMILES string of the molecule is Cc1[nH]c2ncccc2c(=O)c1C(=O)O. The van der Waals surface area contributed by atoms with Gasteiger partial charge in [-0.05, 0) is 19.1 Å². The molecule has 5 nitrogen and oxygen atoms in total. The summed E-state index contributed by atoms with van der Waals surface area (Å²) >= 11 is 0. The molecule has 0 bridgehead atoms. The lowest BCUT2D eigenvalue weighted by Gasteiger charge is -2.02. The van der Waals surface area contributed by atoms with Crippen molar-refractivity contribution in [3.8, 4) is 0 Å². The fourth-order valence-electron chi connectivity index (χ4n) is 1.49. The maximum Gasteiger partial charge on any atom is 0.341 e. The molecule has 2 heterocycles.